The molecular formula is C17H21N5O5S. The van der Waals surface area contributed by atoms with Crippen molar-refractivity contribution in [3.63, 3.8) is 0 Å². The van der Waals surface area contributed by atoms with Gasteiger partial charge in [-0.2, -0.15) is 5.26 Å². The first-order chi connectivity index (χ1) is 13.5. The number of thioether (sulfide) groups is 1. The van der Waals surface area contributed by atoms with Gasteiger partial charge >= 0.3 is 6.03 Å². The van der Waals surface area contributed by atoms with Crippen molar-refractivity contribution >= 4 is 29.4 Å². The Balaban J connectivity index is 1.99. The number of hydrogen-bond acceptors (Lipinski definition) is 7. The third-order valence-electron chi connectivity index (χ3n) is 4.00. The van der Waals surface area contributed by atoms with Crippen molar-refractivity contribution in [2.75, 3.05) is 39.4 Å². The van der Waals surface area contributed by atoms with E-state index in [9.17, 15) is 19.7 Å². The van der Waals surface area contributed by atoms with Crippen LogP contribution >= 0.6 is 11.8 Å². The normalized spacial score (nSPS) is 14.6. The monoisotopic (exact) mass is 407 g/mol. The second-order valence-corrected chi connectivity index (χ2v) is 7.04. The quantitative estimate of drug-likeness (QED) is 0.371. The second-order valence-electron chi connectivity index (χ2n) is 5.85. The first-order valence-electron chi connectivity index (χ1n) is 8.62. The number of ether oxygens (including phenoxy) is 1. The van der Waals surface area contributed by atoms with E-state index in [1.165, 1.54) is 17.8 Å². The Morgan fingerprint density at radius 3 is 2.71 bits per heavy atom. The summed E-state index contributed by atoms with van der Waals surface area (Å²) in [6.07, 6.45) is 0. The van der Waals surface area contributed by atoms with Gasteiger partial charge in [0.2, 0.25) is 5.91 Å². The van der Waals surface area contributed by atoms with E-state index in [1.54, 1.807) is 23.1 Å². The summed E-state index contributed by atoms with van der Waals surface area (Å²) in [6, 6.07) is 7.82. The number of hydrogen-bond donors (Lipinski definition) is 2. The number of benzene rings is 1. The van der Waals surface area contributed by atoms with E-state index in [0.29, 0.717) is 31.9 Å². The molecule has 0 spiro atoms. The minimum absolute atomic E-state index is 0.0245. The molecule has 28 heavy (non-hydrogen) atoms. The van der Waals surface area contributed by atoms with Crippen LogP contribution in [0.15, 0.2) is 24.3 Å². The van der Waals surface area contributed by atoms with E-state index >= 15 is 0 Å². The van der Waals surface area contributed by atoms with E-state index in [-0.39, 0.29) is 30.6 Å². The number of carbonyl (C=O) groups excluding carboxylic acids is 2. The molecule has 0 bridgehead atoms. The number of urea groups is 1. The maximum atomic E-state index is 12.3. The third kappa shape index (κ3) is 6.40. The number of nitriles is 1. The number of amides is 3. The number of nitrogens with zero attached hydrogens (tertiary/aromatic N) is 3. The van der Waals surface area contributed by atoms with Crippen LogP contribution in [0.3, 0.4) is 0 Å². The summed E-state index contributed by atoms with van der Waals surface area (Å²) in [6.45, 7) is 1.76. The van der Waals surface area contributed by atoms with Crippen molar-refractivity contribution in [3.05, 3.63) is 39.9 Å². The van der Waals surface area contributed by atoms with Gasteiger partial charge in [0.25, 0.3) is 5.69 Å². The van der Waals surface area contributed by atoms with Crippen molar-refractivity contribution in [2.24, 2.45) is 0 Å². The van der Waals surface area contributed by atoms with E-state index in [4.69, 9.17) is 10.00 Å². The summed E-state index contributed by atoms with van der Waals surface area (Å²) < 4.78 is 5.20. The Bertz CT molecular complexity index is 748. The molecule has 0 radical (unpaired) electrons. The molecule has 1 heterocycles. The van der Waals surface area contributed by atoms with Crippen molar-refractivity contribution in [3.8, 4) is 6.07 Å². The van der Waals surface area contributed by atoms with Crippen LogP contribution in [0.2, 0.25) is 0 Å². The lowest BCUT2D eigenvalue weighted by Gasteiger charge is -2.27. The lowest BCUT2D eigenvalue weighted by atomic mass is 10.2. The Kier molecular flexibility index (Phi) is 8.51. The number of morpholine rings is 1. The Morgan fingerprint density at radius 1 is 1.32 bits per heavy atom. The third-order valence-corrected chi connectivity index (χ3v) is 5.26. The molecule has 1 atom stereocenters. The fourth-order valence-electron chi connectivity index (χ4n) is 2.53. The smallest absolute Gasteiger partial charge is 0.317 e. The Labute approximate surface area is 166 Å². The summed E-state index contributed by atoms with van der Waals surface area (Å²) in [5, 5.41) is 24.3. The molecule has 11 heteroatoms. The first kappa shape index (κ1) is 21.5. The van der Waals surface area contributed by atoms with Gasteiger partial charge in [0, 0.05) is 37.0 Å². The highest BCUT2D eigenvalue weighted by molar-refractivity contribution is 7.99. The summed E-state index contributed by atoms with van der Waals surface area (Å²) in [5.74, 6) is -0.192. The van der Waals surface area contributed by atoms with Gasteiger partial charge in [-0.05, 0) is 0 Å². The predicted molar refractivity (Wildman–Crippen MR) is 103 cm³/mol. The summed E-state index contributed by atoms with van der Waals surface area (Å²) in [7, 11) is 0. The number of carbonyl (C=O) groups is 2. The van der Waals surface area contributed by atoms with E-state index in [0.717, 1.165) is 0 Å². The highest BCUT2D eigenvalue weighted by atomic mass is 32.2. The van der Waals surface area contributed by atoms with Gasteiger partial charge in [0.05, 0.1) is 24.2 Å². The van der Waals surface area contributed by atoms with Gasteiger partial charge in [-0.25, -0.2) is 4.79 Å². The number of nitrogens with one attached hydrogen (secondary N) is 2. The van der Waals surface area contributed by atoms with Crippen LogP contribution in [-0.2, 0) is 15.3 Å². The summed E-state index contributed by atoms with van der Waals surface area (Å²) in [5.41, 5.74) is 0.457. The molecule has 1 unspecified atom stereocenters. The molecule has 1 aliphatic heterocycles. The fraction of sp³-hybridized carbons (Fsp3) is 0.471. The fourth-order valence-corrected chi connectivity index (χ4v) is 3.59. The zero-order valence-electron chi connectivity index (χ0n) is 15.1. The van der Waals surface area contributed by atoms with Crippen molar-refractivity contribution in [1.82, 2.24) is 15.5 Å². The van der Waals surface area contributed by atoms with Crippen molar-refractivity contribution < 1.29 is 19.2 Å². The van der Waals surface area contributed by atoms with Crippen LogP contribution in [0.25, 0.3) is 0 Å². The molecule has 1 aliphatic rings. The first-order valence-corrected chi connectivity index (χ1v) is 9.67. The number of nitro groups is 1. The molecule has 1 fully saturated rings. The molecule has 2 N–H and O–H groups in total. The molecule has 1 aromatic rings. The molecule has 3 amide bonds. The van der Waals surface area contributed by atoms with Crippen LogP contribution in [0.1, 0.15) is 5.56 Å². The molecule has 150 valence electrons. The Morgan fingerprint density at radius 2 is 2.04 bits per heavy atom. The molecule has 1 saturated heterocycles. The lowest BCUT2D eigenvalue weighted by molar-refractivity contribution is -0.385. The minimum atomic E-state index is -0.696. The van der Waals surface area contributed by atoms with Gasteiger partial charge in [0.15, 0.2) is 0 Å². The molecule has 0 saturated carbocycles. The van der Waals surface area contributed by atoms with Gasteiger partial charge in [-0.1, -0.05) is 18.2 Å². The van der Waals surface area contributed by atoms with Gasteiger partial charge in [-0.15, -0.1) is 11.8 Å². The van der Waals surface area contributed by atoms with Crippen LogP contribution in [0, 0.1) is 21.4 Å². The van der Waals surface area contributed by atoms with E-state index in [2.05, 4.69) is 10.6 Å². The van der Waals surface area contributed by atoms with Gasteiger partial charge in [0.1, 0.15) is 11.8 Å². The summed E-state index contributed by atoms with van der Waals surface area (Å²) >= 11 is 1.17. The second kappa shape index (κ2) is 11.1. The molecule has 2 rings (SSSR count). The largest absolute Gasteiger partial charge is 0.378 e. The van der Waals surface area contributed by atoms with Crippen molar-refractivity contribution in [2.45, 2.75) is 11.0 Å². The Hall–Kier alpha value is -2.84. The van der Waals surface area contributed by atoms with Crippen molar-refractivity contribution in [1.29, 1.82) is 5.26 Å². The summed E-state index contributed by atoms with van der Waals surface area (Å²) in [4.78, 5) is 36.8. The van der Waals surface area contributed by atoms with E-state index < -0.39 is 16.1 Å². The number of para-hydroxylation sites is 1. The maximum Gasteiger partial charge on any atom is 0.317 e. The van der Waals surface area contributed by atoms with Crippen LogP contribution in [0.4, 0.5) is 10.5 Å². The lowest BCUT2D eigenvalue weighted by Crippen LogP contribution is -2.49. The SMILES string of the molecule is N#CCNC(=O)C(CNC(=O)N1CCOCC1)SCc1ccccc1[N+](=O)[O-]. The van der Waals surface area contributed by atoms with Gasteiger partial charge in [-0.3, -0.25) is 14.9 Å². The molecule has 1 aromatic carbocycles. The molecule has 10 nitrogen and oxygen atoms in total. The zero-order chi connectivity index (χ0) is 20.4. The topological polar surface area (TPSA) is 138 Å². The standard InChI is InChI=1S/C17H21N5O5S/c18-5-6-19-16(23)15(11-20-17(24)21-7-9-27-10-8-21)28-12-13-3-1-2-4-14(13)22(25)26/h1-4,15H,6-12H2,(H,19,23)(H,20,24). The van der Waals surface area contributed by atoms with Crippen LogP contribution in [0.5, 0.6) is 0 Å². The minimum Gasteiger partial charge on any atom is -0.378 e. The maximum absolute atomic E-state index is 12.3. The molecule has 0 aromatic heterocycles. The number of rotatable bonds is 8. The average molecular weight is 407 g/mol. The highest BCUT2D eigenvalue weighted by Gasteiger charge is 2.24. The van der Waals surface area contributed by atoms with Gasteiger partial charge < -0.3 is 20.3 Å². The number of nitro benzene ring substituents is 1. The predicted octanol–water partition coefficient (Wildman–Crippen LogP) is 0.878. The molecular weight excluding hydrogens is 386 g/mol. The van der Waals surface area contributed by atoms with Crippen LogP contribution in [-0.4, -0.2) is 66.4 Å². The van der Waals surface area contributed by atoms with Crippen LogP contribution < -0.4 is 10.6 Å². The molecule has 0 aliphatic carbocycles. The zero-order valence-corrected chi connectivity index (χ0v) is 15.9. The highest BCUT2D eigenvalue weighted by Crippen LogP contribution is 2.25. The average Bonchev–Trinajstić information content (AvgIpc) is 2.72. The van der Waals surface area contributed by atoms with E-state index in [1.807, 2.05) is 6.07 Å².